The molecule has 1 aromatic carbocycles. The Kier molecular flexibility index (Phi) is 4.72. The van der Waals surface area contributed by atoms with Crippen LogP contribution in [-0.4, -0.2) is 33.5 Å². The number of aliphatic carboxylic acids is 1. The highest BCUT2D eigenvalue weighted by molar-refractivity contribution is 9.10. The largest absolute Gasteiger partial charge is 0.496 e. The van der Waals surface area contributed by atoms with Gasteiger partial charge in [0.15, 0.2) is 5.16 Å². The van der Waals surface area contributed by atoms with E-state index in [1.54, 1.807) is 13.3 Å². The number of ether oxygens (including phenoxy) is 1. The number of carboxylic acids is 1. The van der Waals surface area contributed by atoms with E-state index < -0.39 is 5.97 Å². The first kappa shape index (κ1) is 14.9. The van der Waals surface area contributed by atoms with Gasteiger partial charge in [-0.1, -0.05) is 11.8 Å². The summed E-state index contributed by atoms with van der Waals surface area (Å²) in [6.45, 7) is 1.93. The fourth-order valence-corrected chi connectivity index (χ4v) is 3.04. The minimum Gasteiger partial charge on any atom is -0.496 e. The Morgan fingerprint density at radius 3 is 2.90 bits per heavy atom. The van der Waals surface area contributed by atoms with Crippen molar-refractivity contribution in [2.24, 2.45) is 0 Å². The first-order valence-corrected chi connectivity index (χ1v) is 7.53. The molecule has 1 heterocycles. The maximum absolute atomic E-state index is 10.7. The molecule has 106 valence electrons. The molecule has 0 bridgehead atoms. The molecule has 7 heteroatoms. The smallest absolute Gasteiger partial charge is 0.313 e. The summed E-state index contributed by atoms with van der Waals surface area (Å²) in [7, 11) is 1.61. The number of methoxy groups -OCH3 is 1. The van der Waals surface area contributed by atoms with Gasteiger partial charge in [0.2, 0.25) is 0 Å². The van der Waals surface area contributed by atoms with Crippen LogP contribution in [0.3, 0.4) is 0 Å². The van der Waals surface area contributed by atoms with E-state index in [-0.39, 0.29) is 5.75 Å². The van der Waals surface area contributed by atoms with Crippen molar-refractivity contribution in [1.82, 2.24) is 9.55 Å². The van der Waals surface area contributed by atoms with Crippen molar-refractivity contribution in [2.45, 2.75) is 12.1 Å². The van der Waals surface area contributed by atoms with Crippen LogP contribution < -0.4 is 4.74 Å². The normalized spacial score (nSPS) is 10.6. The van der Waals surface area contributed by atoms with Gasteiger partial charge in [0.25, 0.3) is 0 Å². The summed E-state index contributed by atoms with van der Waals surface area (Å²) >= 11 is 4.64. The van der Waals surface area contributed by atoms with Crippen molar-refractivity contribution in [3.8, 4) is 11.4 Å². The summed E-state index contributed by atoms with van der Waals surface area (Å²) in [6, 6.07) is 5.67. The quantitative estimate of drug-likeness (QED) is 0.833. The Morgan fingerprint density at radius 2 is 2.30 bits per heavy atom. The van der Waals surface area contributed by atoms with Crippen LogP contribution in [0, 0.1) is 6.92 Å². The van der Waals surface area contributed by atoms with Gasteiger partial charge in [-0.05, 0) is 41.1 Å². The van der Waals surface area contributed by atoms with E-state index in [0.717, 1.165) is 21.6 Å². The van der Waals surface area contributed by atoms with E-state index >= 15 is 0 Å². The zero-order chi connectivity index (χ0) is 14.7. The number of carboxylic acid groups (broad SMARTS) is 1. The van der Waals surface area contributed by atoms with Gasteiger partial charge >= 0.3 is 5.97 Å². The van der Waals surface area contributed by atoms with Crippen molar-refractivity contribution in [3.63, 3.8) is 0 Å². The van der Waals surface area contributed by atoms with Gasteiger partial charge in [-0.3, -0.25) is 9.36 Å². The lowest BCUT2D eigenvalue weighted by Crippen LogP contribution is -2.03. The third kappa shape index (κ3) is 3.16. The van der Waals surface area contributed by atoms with E-state index in [9.17, 15) is 4.79 Å². The van der Waals surface area contributed by atoms with Crippen LogP contribution in [0.2, 0.25) is 0 Å². The second kappa shape index (κ2) is 6.32. The Morgan fingerprint density at radius 1 is 1.55 bits per heavy atom. The first-order chi connectivity index (χ1) is 9.52. The lowest BCUT2D eigenvalue weighted by Gasteiger charge is -2.11. The highest BCUT2D eigenvalue weighted by atomic mass is 79.9. The second-order valence-electron chi connectivity index (χ2n) is 4.02. The zero-order valence-electron chi connectivity index (χ0n) is 11.0. The van der Waals surface area contributed by atoms with Crippen LogP contribution in [0.5, 0.6) is 5.75 Å². The predicted octanol–water partition coefficient (Wildman–Crippen LogP) is 3.13. The van der Waals surface area contributed by atoms with Crippen molar-refractivity contribution in [3.05, 3.63) is 34.6 Å². The van der Waals surface area contributed by atoms with Crippen molar-refractivity contribution in [1.29, 1.82) is 0 Å². The van der Waals surface area contributed by atoms with Crippen molar-refractivity contribution in [2.75, 3.05) is 12.9 Å². The number of aromatic nitrogens is 2. The zero-order valence-corrected chi connectivity index (χ0v) is 13.4. The molecule has 0 atom stereocenters. The van der Waals surface area contributed by atoms with E-state index in [1.165, 1.54) is 11.8 Å². The van der Waals surface area contributed by atoms with Gasteiger partial charge in [-0.2, -0.15) is 0 Å². The van der Waals surface area contributed by atoms with Crippen LogP contribution in [-0.2, 0) is 4.79 Å². The molecule has 0 radical (unpaired) electrons. The lowest BCUT2D eigenvalue weighted by atomic mass is 10.3. The summed E-state index contributed by atoms with van der Waals surface area (Å²) < 4.78 is 7.95. The van der Waals surface area contributed by atoms with Gasteiger partial charge < -0.3 is 9.84 Å². The molecule has 0 aliphatic heterocycles. The maximum Gasteiger partial charge on any atom is 0.313 e. The summed E-state index contributed by atoms with van der Waals surface area (Å²) in [5, 5.41) is 9.43. The average molecular weight is 357 g/mol. The molecule has 0 unspecified atom stereocenters. The molecule has 20 heavy (non-hydrogen) atoms. The minimum absolute atomic E-state index is 0.0201. The first-order valence-electron chi connectivity index (χ1n) is 5.75. The molecular formula is C13H13BrN2O3S. The number of imidazole rings is 1. The molecule has 0 spiro atoms. The number of rotatable bonds is 5. The Bertz CT molecular complexity index is 643. The third-order valence-electron chi connectivity index (χ3n) is 2.62. The standard InChI is InChI=1S/C13H13BrN2O3S/c1-8-6-15-13(20-7-12(17)18)16(8)9-3-4-11(19-2)10(14)5-9/h3-6H,7H2,1-2H3,(H,17,18). The minimum atomic E-state index is -0.863. The maximum atomic E-state index is 10.7. The van der Waals surface area contributed by atoms with Crippen LogP contribution in [0.25, 0.3) is 5.69 Å². The molecule has 5 nitrogen and oxygen atoms in total. The van der Waals surface area contributed by atoms with E-state index in [2.05, 4.69) is 20.9 Å². The number of benzene rings is 1. The third-order valence-corrected chi connectivity index (χ3v) is 4.18. The monoisotopic (exact) mass is 356 g/mol. The Balaban J connectivity index is 2.39. The Hall–Kier alpha value is -1.47. The number of hydrogen-bond donors (Lipinski definition) is 1. The summed E-state index contributed by atoms with van der Waals surface area (Å²) in [4.78, 5) is 14.9. The topological polar surface area (TPSA) is 64.4 Å². The number of halogens is 1. The fourth-order valence-electron chi connectivity index (χ4n) is 1.75. The molecule has 1 N–H and O–H groups in total. The highest BCUT2D eigenvalue weighted by Gasteiger charge is 2.12. The summed E-state index contributed by atoms with van der Waals surface area (Å²) in [5.74, 6) is -0.141. The van der Waals surface area contributed by atoms with Gasteiger partial charge in [0.05, 0.1) is 17.3 Å². The number of carbonyl (C=O) groups is 1. The molecule has 0 saturated carbocycles. The molecule has 0 amide bonds. The van der Waals surface area contributed by atoms with Crippen LogP contribution in [0.15, 0.2) is 34.0 Å². The molecule has 0 saturated heterocycles. The molecule has 2 rings (SSSR count). The van der Waals surface area contributed by atoms with Gasteiger partial charge in [-0.15, -0.1) is 0 Å². The number of thioether (sulfide) groups is 1. The van der Waals surface area contributed by atoms with E-state index in [1.807, 2.05) is 29.7 Å². The molecule has 1 aromatic heterocycles. The predicted molar refractivity (Wildman–Crippen MR) is 80.9 cm³/mol. The highest BCUT2D eigenvalue weighted by Crippen LogP contribution is 2.30. The molecule has 2 aromatic rings. The van der Waals surface area contributed by atoms with Crippen molar-refractivity contribution < 1.29 is 14.6 Å². The van der Waals surface area contributed by atoms with Gasteiger partial charge in [0.1, 0.15) is 5.75 Å². The molecule has 0 fully saturated rings. The van der Waals surface area contributed by atoms with E-state index in [0.29, 0.717) is 5.16 Å². The summed E-state index contributed by atoms with van der Waals surface area (Å²) in [6.07, 6.45) is 1.72. The van der Waals surface area contributed by atoms with Crippen LogP contribution in [0.4, 0.5) is 0 Å². The van der Waals surface area contributed by atoms with Gasteiger partial charge in [0, 0.05) is 17.6 Å². The van der Waals surface area contributed by atoms with Crippen molar-refractivity contribution >= 4 is 33.7 Å². The molecule has 0 aliphatic rings. The summed E-state index contributed by atoms with van der Waals surface area (Å²) in [5.41, 5.74) is 1.84. The fraction of sp³-hybridized carbons (Fsp3) is 0.231. The van der Waals surface area contributed by atoms with Gasteiger partial charge in [-0.25, -0.2) is 4.98 Å². The Labute approximate surface area is 129 Å². The number of aryl methyl sites for hydroxylation is 1. The SMILES string of the molecule is COc1ccc(-n2c(C)cnc2SCC(=O)O)cc1Br. The van der Waals surface area contributed by atoms with Crippen LogP contribution >= 0.6 is 27.7 Å². The van der Waals surface area contributed by atoms with E-state index in [4.69, 9.17) is 9.84 Å². The van der Waals surface area contributed by atoms with Crippen LogP contribution in [0.1, 0.15) is 5.69 Å². The number of hydrogen-bond acceptors (Lipinski definition) is 4. The second-order valence-corrected chi connectivity index (χ2v) is 5.82. The molecular weight excluding hydrogens is 344 g/mol. The average Bonchev–Trinajstić information content (AvgIpc) is 2.77. The molecule has 0 aliphatic carbocycles. The number of nitrogens with zero attached hydrogens (tertiary/aromatic N) is 2. The lowest BCUT2D eigenvalue weighted by molar-refractivity contribution is -0.133.